The van der Waals surface area contributed by atoms with Crippen molar-refractivity contribution in [2.24, 2.45) is 11.3 Å². The summed E-state index contributed by atoms with van der Waals surface area (Å²) in [5, 5.41) is 9.10. The second-order valence-electron chi connectivity index (χ2n) is 4.69. The summed E-state index contributed by atoms with van der Waals surface area (Å²) in [6.45, 7) is 8.85. The molecule has 0 amide bonds. The predicted molar refractivity (Wildman–Crippen MR) is 56.3 cm³/mol. The fourth-order valence-corrected chi connectivity index (χ4v) is 1.89. The van der Waals surface area contributed by atoms with E-state index in [-0.39, 0.29) is 0 Å². The summed E-state index contributed by atoms with van der Waals surface area (Å²) >= 11 is 0. The third-order valence-electron chi connectivity index (χ3n) is 3.48. The SMILES string of the molecule is CCC1CN(CC(C)(CC)C(=O)O)C1. The smallest absolute Gasteiger partial charge is 0.310 e. The molecule has 0 bridgehead atoms. The second kappa shape index (κ2) is 4.30. The van der Waals surface area contributed by atoms with Gasteiger partial charge < -0.3 is 10.0 Å². The second-order valence-corrected chi connectivity index (χ2v) is 4.69. The molecule has 1 N–H and O–H groups in total. The molecule has 1 unspecified atom stereocenters. The number of carboxylic acid groups (broad SMARTS) is 1. The minimum atomic E-state index is -0.667. The molecule has 3 nitrogen and oxygen atoms in total. The van der Waals surface area contributed by atoms with Crippen LogP contribution in [-0.2, 0) is 4.79 Å². The van der Waals surface area contributed by atoms with Gasteiger partial charge in [0.2, 0.25) is 0 Å². The highest BCUT2D eigenvalue weighted by Crippen LogP contribution is 2.28. The minimum Gasteiger partial charge on any atom is -0.481 e. The zero-order valence-electron chi connectivity index (χ0n) is 9.42. The number of carboxylic acids is 1. The lowest BCUT2D eigenvalue weighted by Gasteiger charge is -2.42. The Kier molecular flexibility index (Phi) is 3.53. The standard InChI is InChI=1S/C11H21NO2/c1-4-9-6-12(7-9)8-11(3,5-2)10(13)14/h9H,4-8H2,1-3H3,(H,13,14). The van der Waals surface area contributed by atoms with Crippen LogP contribution in [-0.4, -0.2) is 35.6 Å². The van der Waals surface area contributed by atoms with Gasteiger partial charge in [0.1, 0.15) is 0 Å². The highest BCUT2D eigenvalue weighted by atomic mass is 16.4. The molecule has 0 saturated carbocycles. The molecule has 0 aliphatic carbocycles. The Morgan fingerprint density at radius 2 is 2.07 bits per heavy atom. The molecule has 0 aromatic rings. The van der Waals surface area contributed by atoms with E-state index >= 15 is 0 Å². The van der Waals surface area contributed by atoms with Crippen LogP contribution < -0.4 is 0 Å². The van der Waals surface area contributed by atoms with Gasteiger partial charge in [0.15, 0.2) is 0 Å². The van der Waals surface area contributed by atoms with Gasteiger partial charge in [-0.1, -0.05) is 20.3 Å². The Bertz CT molecular complexity index is 211. The van der Waals surface area contributed by atoms with E-state index in [1.807, 2.05) is 13.8 Å². The van der Waals surface area contributed by atoms with Crippen molar-refractivity contribution in [3.05, 3.63) is 0 Å². The van der Waals surface area contributed by atoms with Crippen molar-refractivity contribution >= 4 is 5.97 Å². The van der Waals surface area contributed by atoms with Gasteiger partial charge in [-0.3, -0.25) is 4.79 Å². The summed E-state index contributed by atoms with van der Waals surface area (Å²) in [4.78, 5) is 13.3. The van der Waals surface area contributed by atoms with Crippen molar-refractivity contribution in [1.29, 1.82) is 0 Å². The minimum absolute atomic E-state index is 0.557. The Labute approximate surface area is 86.1 Å². The van der Waals surface area contributed by atoms with Crippen LogP contribution in [0.4, 0.5) is 0 Å². The lowest BCUT2D eigenvalue weighted by atomic mass is 9.84. The summed E-state index contributed by atoms with van der Waals surface area (Å²) < 4.78 is 0. The van der Waals surface area contributed by atoms with Gasteiger partial charge in [-0.25, -0.2) is 0 Å². The van der Waals surface area contributed by atoms with E-state index < -0.39 is 11.4 Å². The molecule has 1 saturated heterocycles. The fraction of sp³-hybridized carbons (Fsp3) is 0.909. The highest BCUT2D eigenvalue weighted by molar-refractivity contribution is 5.74. The van der Waals surface area contributed by atoms with E-state index in [0.717, 1.165) is 19.0 Å². The molecular formula is C11H21NO2. The molecule has 1 aliphatic heterocycles. The van der Waals surface area contributed by atoms with Gasteiger partial charge in [0.25, 0.3) is 0 Å². The van der Waals surface area contributed by atoms with Crippen molar-refractivity contribution in [3.8, 4) is 0 Å². The first-order valence-electron chi connectivity index (χ1n) is 5.47. The third-order valence-corrected chi connectivity index (χ3v) is 3.48. The van der Waals surface area contributed by atoms with E-state index in [1.54, 1.807) is 0 Å². The van der Waals surface area contributed by atoms with Crippen molar-refractivity contribution in [3.63, 3.8) is 0 Å². The molecule has 14 heavy (non-hydrogen) atoms. The quantitative estimate of drug-likeness (QED) is 0.734. The first kappa shape index (κ1) is 11.5. The number of likely N-dealkylation sites (tertiary alicyclic amines) is 1. The van der Waals surface area contributed by atoms with Crippen molar-refractivity contribution < 1.29 is 9.90 Å². The Morgan fingerprint density at radius 3 is 2.43 bits per heavy atom. The number of rotatable bonds is 5. The molecule has 3 heteroatoms. The topological polar surface area (TPSA) is 40.5 Å². The normalized spacial score (nSPS) is 22.8. The molecule has 0 radical (unpaired) electrons. The zero-order valence-corrected chi connectivity index (χ0v) is 9.42. The number of aliphatic carboxylic acids is 1. The molecule has 1 heterocycles. The van der Waals surface area contributed by atoms with Gasteiger partial charge in [0.05, 0.1) is 5.41 Å². The molecular weight excluding hydrogens is 178 g/mol. The monoisotopic (exact) mass is 199 g/mol. The zero-order chi connectivity index (χ0) is 10.8. The maximum absolute atomic E-state index is 11.1. The summed E-state index contributed by atoms with van der Waals surface area (Å²) in [6.07, 6.45) is 1.92. The first-order valence-corrected chi connectivity index (χ1v) is 5.47. The summed E-state index contributed by atoms with van der Waals surface area (Å²) in [6, 6.07) is 0. The Hall–Kier alpha value is -0.570. The van der Waals surface area contributed by atoms with E-state index in [9.17, 15) is 4.79 Å². The van der Waals surface area contributed by atoms with Crippen LogP contribution in [0.25, 0.3) is 0 Å². The van der Waals surface area contributed by atoms with Crippen LogP contribution in [0.3, 0.4) is 0 Å². The van der Waals surface area contributed by atoms with Crippen molar-refractivity contribution in [2.75, 3.05) is 19.6 Å². The Morgan fingerprint density at radius 1 is 1.50 bits per heavy atom. The van der Waals surface area contributed by atoms with E-state index in [1.165, 1.54) is 6.42 Å². The predicted octanol–water partition coefficient (Wildman–Crippen LogP) is 1.83. The summed E-state index contributed by atoms with van der Waals surface area (Å²) in [5.41, 5.74) is -0.557. The molecule has 82 valence electrons. The van der Waals surface area contributed by atoms with Crippen LogP contribution >= 0.6 is 0 Å². The third kappa shape index (κ3) is 2.27. The lowest BCUT2D eigenvalue weighted by Crippen LogP contribution is -2.52. The van der Waals surface area contributed by atoms with E-state index in [0.29, 0.717) is 13.0 Å². The van der Waals surface area contributed by atoms with Crippen LogP contribution in [0.2, 0.25) is 0 Å². The van der Waals surface area contributed by atoms with Gasteiger partial charge >= 0.3 is 5.97 Å². The van der Waals surface area contributed by atoms with Crippen LogP contribution in [0.15, 0.2) is 0 Å². The Balaban J connectivity index is 2.39. The largest absolute Gasteiger partial charge is 0.481 e. The van der Waals surface area contributed by atoms with Crippen molar-refractivity contribution in [2.45, 2.75) is 33.6 Å². The molecule has 0 aromatic heterocycles. The average Bonchev–Trinajstić information content (AvgIpc) is 2.09. The average molecular weight is 199 g/mol. The van der Waals surface area contributed by atoms with Gasteiger partial charge in [-0.05, 0) is 19.3 Å². The van der Waals surface area contributed by atoms with Gasteiger partial charge in [-0.15, -0.1) is 0 Å². The number of carbonyl (C=O) groups is 1. The highest BCUT2D eigenvalue weighted by Gasteiger charge is 2.37. The first-order chi connectivity index (χ1) is 6.51. The maximum Gasteiger partial charge on any atom is 0.310 e. The van der Waals surface area contributed by atoms with Gasteiger partial charge in [0, 0.05) is 19.6 Å². The van der Waals surface area contributed by atoms with Crippen LogP contribution in [0.5, 0.6) is 0 Å². The number of hydrogen-bond acceptors (Lipinski definition) is 2. The molecule has 1 fully saturated rings. The molecule has 1 aliphatic rings. The molecule has 0 aromatic carbocycles. The van der Waals surface area contributed by atoms with Gasteiger partial charge in [-0.2, -0.15) is 0 Å². The number of nitrogens with zero attached hydrogens (tertiary/aromatic N) is 1. The number of hydrogen-bond donors (Lipinski definition) is 1. The summed E-state index contributed by atoms with van der Waals surface area (Å²) in [5.74, 6) is 0.129. The molecule has 1 rings (SSSR count). The fourth-order valence-electron chi connectivity index (χ4n) is 1.89. The van der Waals surface area contributed by atoms with Crippen molar-refractivity contribution in [1.82, 2.24) is 4.90 Å². The molecule has 1 atom stereocenters. The lowest BCUT2D eigenvalue weighted by molar-refractivity contribution is -0.150. The van der Waals surface area contributed by atoms with Crippen LogP contribution in [0, 0.1) is 11.3 Å². The summed E-state index contributed by atoms with van der Waals surface area (Å²) in [7, 11) is 0. The van der Waals surface area contributed by atoms with E-state index in [4.69, 9.17) is 5.11 Å². The molecule has 0 spiro atoms. The maximum atomic E-state index is 11.1. The van der Waals surface area contributed by atoms with Crippen LogP contribution in [0.1, 0.15) is 33.6 Å². The van der Waals surface area contributed by atoms with E-state index in [2.05, 4.69) is 11.8 Å².